The van der Waals surface area contributed by atoms with Gasteiger partial charge in [-0.05, 0) is 12.1 Å². The zero-order chi connectivity index (χ0) is 17.2. The van der Waals surface area contributed by atoms with E-state index < -0.39 is 29.3 Å². The van der Waals surface area contributed by atoms with Gasteiger partial charge < -0.3 is 15.2 Å². The zero-order valence-electron chi connectivity index (χ0n) is 11.6. The number of nitrogens with zero attached hydrogens (tertiary/aromatic N) is 1. The van der Waals surface area contributed by atoms with Crippen molar-refractivity contribution in [2.45, 2.75) is 6.18 Å². The van der Waals surface area contributed by atoms with Gasteiger partial charge in [0.05, 0.1) is 7.11 Å². The lowest BCUT2D eigenvalue weighted by atomic mass is 10.2. The van der Waals surface area contributed by atoms with Crippen LogP contribution in [0.2, 0.25) is 0 Å². The SMILES string of the molecule is COc1cc(F)ccc1Oc1cc(C(F)(F)F)ncc1C(N)=O. The van der Waals surface area contributed by atoms with Crippen molar-refractivity contribution in [2.75, 3.05) is 7.11 Å². The van der Waals surface area contributed by atoms with Gasteiger partial charge in [0.2, 0.25) is 0 Å². The molecule has 0 bridgehead atoms. The Hall–Kier alpha value is -2.84. The second kappa shape index (κ2) is 6.11. The average Bonchev–Trinajstić information content (AvgIpc) is 2.47. The van der Waals surface area contributed by atoms with Crippen LogP contribution in [0.3, 0.4) is 0 Å². The second-order valence-electron chi connectivity index (χ2n) is 4.32. The lowest BCUT2D eigenvalue weighted by Gasteiger charge is -2.14. The van der Waals surface area contributed by atoms with Crippen LogP contribution in [0.25, 0.3) is 0 Å². The van der Waals surface area contributed by atoms with Gasteiger partial charge in [-0.25, -0.2) is 4.39 Å². The zero-order valence-corrected chi connectivity index (χ0v) is 11.6. The summed E-state index contributed by atoms with van der Waals surface area (Å²) in [6.07, 6.45) is -4.07. The van der Waals surface area contributed by atoms with Crippen molar-refractivity contribution in [3.63, 3.8) is 0 Å². The molecule has 1 aromatic heterocycles. The minimum Gasteiger partial charge on any atom is -0.493 e. The van der Waals surface area contributed by atoms with Crippen LogP contribution in [0.15, 0.2) is 30.5 Å². The van der Waals surface area contributed by atoms with Crippen LogP contribution < -0.4 is 15.2 Å². The lowest BCUT2D eigenvalue weighted by Crippen LogP contribution is -2.15. The number of hydrogen-bond acceptors (Lipinski definition) is 4. The highest BCUT2D eigenvalue weighted by Crippen LogP contribution is 2.36. The van der Waals surface area contributed by atoms with Gasteiger partial charge in [0.1, 0.15) is 22.8 Å². The van der Waals surface area contributed by atoms with Crippen molar-refractivity contribution < 1.29 is 31.8 Å². The fraction of sp³-hybridized carbons (Fsp3) is 0.143. The number of nitrogens with two attached hydrogens (primary N) is 1. The van der Waals surface area contributed by atoms with E-state index in [0.29, 0.717) is 12.3 Å². The highest BCUT2D eigenvalue weighted by atomic mass is 19.4. The van der Waals surface area contributed by atoms with E-state index in [1.54, 1.807) is 0 Å². The molecule has 0 fully saturated rings. The summed E-state index contributed by atoms with van der Waals surface area (Å²) in [4.78, 5) is 14.4. The van der Waals surface area contributed by atoms with Crippen LogP contribution in [-0.4, -0.2) is 18.0 Å². The Morgan fingerprint density at radius 2 is 1.87 bits per heavy atom. The summed E-state index contributed by atoms with van der Waals surface area (Å²) in [6.45, 7) is 0. The number of ether oxygens (including phenoxy) is 2. The molecule has 2 N–H and O–H groups in total. The maximum Gasteiger partial charge on any atom is 0.433 e. The van der Waals surface area contributed by atoms with Crippen LogP contribution in [-0.2, 0) is 6.18 Å². The Morgan fingerprint density at radius 1 is 1.17 bits per heavy atom. The van der Waals surface area contributed by atoms with E-state index in [1.807, 2.05) is 0 Å². The molecule has 9 heteroatoms. The summed E-state index contributed by atoms with van der Waals surface area (Å²) in [5, 5.41) is 0. The maximum absolute atomic E-state index is 13.1. The van der Waals surface area contributed by atoms with E-state index >= 15 is 0 Å². The number of hydrogen-bond donors (Lipinski definition) is 1. The summed E-state index contributed by atoms with van der Waals surface area (Å²) in [6, 6.07) is 3.67. The third-order valence-corrected chi connectivity index (χ3v) is 2.77. The van der Waals surface area contributed by atoms with Crippen molar-refractivity contribution in [2.24, 2.45) is 5.73 Å². The quantitative estimate of drug-likeness (QED) is 0.874. The monoisotopic (exact) mass is 330 g/mol. The number of primary amides is 1. The number of rotatable bonds is 4. The normalized spacial score (nSPS) is 11.2. The molecule has 0 unspecified atom stereocenters. The Balaban J connectivity index is 2.51. The molecule has 0 radical (unpaired) electrons. The molecular formula is C14H10F4N2O3. The molecule has 0 atom stereocenters. The van der Waals surface area contributed by atoms with E-state index in [1.165, 1.54) is 7.11 Å². The molecule has 5 nitrogen and oxygen atoms in total. The predicted octanol–water partition coefficient (Wildman–Crippen LogP) is 3.14. The van der Waals surface area contributed by atoms with Crippen LogP contribution >= 0.6 is 0 Å². The number of aromatic nitrogens is 1. The first-order chi connectivity index (χ1) is 10.7. The number of benzene rings is 1. The number of carbonyl (C=O) groups excluding carboxylic acids is 1. The topological polar surface area (TPSA) is 74.4 Å². The number of carbonyl (C=O) groups is 1. The smallest absolute Gasteiger partial charge is 0.433 e. The van der Waals surface area contributed by atoms with Gasteiger partial charge in [0.15, 0.2) is 11.5 Å². The third kappa shape index (κ3) is 3.68. The highest BCUT2D eigenvalue weighted by Gasteiger charge is 2.34. The van der Waals surface area contributed by atoms with Gasteiger partial charge in [0.25, 0.3) is 5.91 Å². The summed E-state index contributed by atoms with van der Waals surface area (Å²) in [7, 11) is 1.23. The summed E-state index contributed by atoms with van der Waals surface area (Å²) in [5.41, 5.74) is 3.47. The number of pyridine rings is 1. The van der Waals surface area contributed by atoms with Crippen molar-refractivity contribution in [1.29, 1.82) is 0 Å². The molecule has 0 aliphatic rings. The third-order valence-electron chi connectivity index (χ3n) is 2.77. The van der Waals surface area contributed by atoms with Gasteiger partial charge in [-0.3, -0.25) is 9.78 Å². The minimum atomic E-state index is -4.73. The Morgan fingerprint density at radius 3 is 2.43 bits per heavy atom. The van der Waals surface area contributed by atoms with E-state index in [9.17, 15) is 22.4 Å². The number of amides is 1. The number of methoxy groups -OCH3 is 1. The standard InChI is InChI=1S/C14H10F4N2O3/c1-22-11-4-7(15)2-3-9(11)23-10-5-12(14(16,17)18)20-6-8(10)13(19)21/h2-6H,1H3,(H2,19,21). The fourth-order valence-corrected chi connectivity index (χ4v) is 1.71. The first-order valence-electron chi connectivity index (χ1n) is 6.11. The average molecular weight is 330 g/mol. The number of alkyl halides is 3. The van der Waals surface area contributed by atoms with Gasteiger partial charge in [-0.15, -0.1) is 0 Å². The van der Waals surface area contributed by atoms with E-state index in [0.717, 1.165) is 18.2 Å². The van der Waals surface area contributed by atoms with Crippen LogP contribution in [0.5, 0.6) is 17.2 Å². The first-order valence-corrected chi connectivity index (χ1v) is 6.11. The maximum atomic E-state index is 13.1. The molecule has 2 rings (SSSR count). The summed E-state index contributed by atoms with van der Waals surface area (Å²) < 4.78 is 61.4. The second-order valence-corrected chi connectivity index (χ2v) is 4.32. The van der Waals surface area contributed by atoms with Gasteiger partial charge in [0, 0.05) is 18.3 Å². The first kappa shape index (κ1) is 16.5. The van der Waals surface area contributed by atoms with Crippen LogP contribution in [0.1, 0.15) is 16.1 Å². The molecular weight excluding hydrogens is 320 g/mol. The van der Waals surface area contributed by atoms with Crippen molar-refractivity contribution in [3.8, 4) is 17.2 Å². The molecule has 23 heavy (non-hydrogen) atoms. The van der Waals surface area contributed by atoms with E-state index in [4.69, 9.17) is 15.2 Å². The predicted molar refractivity (Wildman–Crippen MR) is 70.8 cm³/mol. The van der Waals surface area contributed by atoms with Gasteiger partial charge in [-0.2, -0.15) is 13.2 Å². The molecule has 122 valence electrons. The molecule has 0 aliphatic heterocycles. The lowest BCUT2D eigenvalue weighted by molar-refractivity contribution is -0.141. The fourth-order valence-electron chi connectivity index (χ4n) is 1.71. The molecule has 2 aromatic rings. The van der Waals surface area contributed by atoms with Gasteiger partial charge in [-0.1, -0.05) is 0 Å². The van der Waals surface area contributed by atoms with Crippen molar-refractivity contribution in [1.82, 2.24) is 4.98 Å². The van der Waals surface area contributed by atoms with E-state index in [2.05, 4.69) is 4.98 Å². The van der Waals surface area contributed by atoms with E-state index in [-0.39, 0.29) is 17.1 Å². The van der Waals surface area contributed by atoms with Crippen LogP contribution in [0, 0.1) is 5.82 Å². The molecule has 1 amide bonds. The highest BCUT2D eigenvalue weighted by molar-refractivity contribution is 5.95. The minimum absolute atomic E-state index is 0.0641. The van der Waals surface area contributed by atoms with Gasteiger partial charge >= 0.3 is 6.18 Å². The van der Waals surface area contributed by atoms with Crippen LogP contribution in [0.4, 0.5) is 17.6 Å². The molecule has 1 heterocycles. The number of halogens is 4. The van der Waals surface area contributed by atoms with Crippen molar-refractivity contribution >= 4 is 5.91 Å². The molecule has 0 spiro atoms. The summed E-state index contributed by atoms with van der Waals surface area (Å²) in [5.74, 6) is -2.27. The largest absolute Gasteiger partial charge is 0.493 e. The molecule has 1 aromatic carbocycles. The Labute approximate surface area is 127 Å². The van der Waals surface area contributed by atoms with Crippen molar-refractivity contribution in [3.05, 3.63) is 47.5 Å². The Kier molecular flexibility index (Phi) is 4.39. The molecule has 0 saturated heterocycles. The molecule has 0 saturated carbocycles. The Bertz CT molecular complexity index is 747. The molecule has 0 aliphatic carbocycles. The summed E-state index contributed by atoms with van der Waals surface area (Å²) >= 11 is 0.